The van der Waals surface area contributed by atoms with Gasteiger partial charge in [0, 0.05) is 17.7 Å². The van der Waals surface area contributed by atoms with E-state index in [-0.39, 0.29) is 41.4 Å². The van der Waals surface area contributed by atoms with Gasteiger partial charge in [0.15, 0.2) is 5.82 Å². The molecule has 0 bridgehead atoms. The van der Waals surface area contributed by atoms with Crippen LogP contribution in [0.5, 0.6) is 0 Å². The van der Waals surface area contributed by atoms with Gasteiger partial charge in [-0.1, -0.05) is 22.4 Å². The Bertz CT molecular complexity index is 1290. The minimum Gasteiger partial charge on any atom is -0.376 e. The van der Waals surface area contributed by atoms with Crippen molar-refractivity contribution < 1.29 is 26.6 Å². The van der Waals surface area contributed by atoms with Crippen LogP contribution in [0.25, 0.3) is 11.4 Å². The molecular formula is C17H10F4N6O4. The maximum atomic E-state index is 14.4. The summed E-state index contributed by atoms with van der Waals surface area (Å²) in [5.74, 6) is -2.50. The number of benzene rings is 1. The zero-order valence-corrected chi connectivity index (χ0v) is 15.2. The van der Waals surface area contributed by atoms with Crippen LogP contribution in [-0.2, 0) is 19.3 Å². The lowest BCUT2D eigenvalue weighted by atomic mass is 10.1. The van der Waals surface area contributed by atoms with Crippen molar-refractivity contribution in [3.8, 4) is 11.4 Å². The van der Waals surface area contributed by atoms with Crippen molar-refractivity contribution >= 4 is 11.4 Å². The first kappa shape index (κ1) is 20.2. The molecular weight excluding hydrogens is 428 g/mol. The average molecular weight is 438 g/mol. The molecule has 0 amide bonds. The van der Waals surface area contributed by atoms with Gasteiger partial charge in [-0.05, 0) is 6.07 Å². The highest BCUT2D eigenvalue weighted by Gasteiger charge is 2.38. The van der Waals surface area contributed by atoms with Crippen LogP contribution in [0.2, 0.25) is 0 Å². The molecule has 4 aromatic rings. The molecule has 0 aliphatic carbocycles. The topological polar surface area (TPSA) is 136 Å². The summed E-state index contributed by atoms with van der Waals surface area (Å²) in [6.07, 6.45) is -3.72. The maximum Gasteiger partial charge on any atom is 0.471 e. The monoisotopic (exact) mass is 438 g/mol. The number of aromatic nitrogens is 4. The second kappa shape index (κ2) is 7.62. The largest absolute Gasteiger partial charge is 0.471 e. The third kappa shape index (κ3) is 3.99. The van der Waals surface area contributed by atoms with Gasteiger partial charge in [-0.2, -0.15) is 23.1 Å². The Kier molecular flexibility index (Phi) is 4.96. The van der Waals surface area contributed by atoms with E-state index in [1.165, 1.54) is 12.1 Å². The fraction of sp³-hybridized carbons (Fsp3) is 0.176. The van der Waals surface area contributed by atoms with E-state index in [9.17, 15) is 27.2 Å². The molecule has 0 spiro atoms. The van der Waals surface area contributed by atoms with Gasteiger partial charge in [-0.25, -0.2) is 4.39 Å². The van der Waals surface area contributed by atoms with Crippen LogP contribution in [0.15, 0.2) is 43.2 Å². The number of rotatable bonds is 7. The van der Waals surface area contributed by atoms with Crippen LogP contribution in [0.1, 0.15) is 17.3 Å². The lowest BCUT2D eigenvalue weighted by Crippen LogP contribution is -2.37. The molecule has 2 aromatic heterocycles. The Morgan fingerprint density at radius 1 is 1.00 bits per heavy atom. The van der Waals surface area contributed by atoms with E-state index < -0.39 is 34.6 Å². The summed E-state index contributed by atoms with van der Waals surface area (Å²) in [6, 6.07) is 3.50. The SMILES string of the molecule is O=c1c(NCc2ncon2)c(NCc2ccc(-c3noc(C(F)(F)F)n3)cc2F)c1=O. The minimum absolute atomic E-state index is 0.00157. The number of hydrogen-bond acceptors (Lipinski definition) is 10. The van der Waals surface area contributed by atoms with Crippen molar-refractivity contribution in [1.29, 1.82) is 0 Å². The average Bonchev–Trinajstić information content (AvgIpc) is 3.42. The molecule has 10 nitrogen and oxygen atoms in total. The summed E-state index contributed by atoms with van der Waals surface area (Å²) in [5.41, 5.74) is -1.51. The Morgan fingerprint density at radius 3 is 2.29 bits per heavy atom. The highest BCUT2D eigenvalue weighted by atomic mass is 19.4. The molecule has 2 heterocycles. The smallest absolute Gasteiger partial charge is 0.376 e. The molecule has 0 aliphatic heterocycles. The number of nitrogens with one attached hydrogen (secondary N) is 2. The van der Waals surface area contributed by atoms with Gasteiger partial charge in [0.05, 0.1) is 6.54 Å². The Morgan fingerprint density at radius 2 is 1.71 bits per heavy atom. The summed E-state index contributed by atoms with van der Waals surface area (Å²) in [6.45, 7) is -0.141. The van der Waals surface area contributed by atoms with Crippen LogP contribution < -0.4 is 21.5 Å². The molecule has 2 aromatic carbocycles. The number of hydrogen-bond donors (Lipinski definition) is 2. The van der Waals surface area contributed by atoms with E-state index in [0.29, 0.717) is 0 Å². The van der Waals surface area contributed by atoms with Crippen molar-refractivity contribution in [2.45, 2.75) is 19.3 Å². The zero-order valence-electron chi connectivity index (χ0n) is 15.2. The van der Waals surface area contributed by atoms with Gasteiger partial charge in [0.25, 0.3) is 10.9 Å². The Labute approximate surface area is 168 Å². The molecule has 0 saturated carbocycles. The van der Waals surface area contributed by atoms with Crippen LogP contribution in [0, 0.1) is 5.82 Å². The summed E-state index contributed by atoms with van der Waals surface area (Å²) in [5, 5.41) is 12.1. The number of nitrogens with zero attached hydrogens (tertiary/aromatic N) is 4. The van der Waals surface area contributed by atoms with Crippen LogP contribution in [0.3, 0.4) is 0 Å². The molecule has 0 aliphatic rings. The molecule has 0 saturated heterocycles. The lowest BCUT2D eigenvalue weighted by molar-refractivity contribution is -0.159. The van der Waals surface area contributed by atoms with Crippen molar-refractivity contribution in [2.24, 2.45) is 0 Å². The molecule has 160 valence electrons. The van der Waals surface area contributed by atoms with Crippen molar-refractivity contribution in [3.63, 3.8) is 0 Å². The fourth-order valence-corrected chi connectivity index (χ4v) is 2.64. The highest BCUT2D eigenvalue weighted by molar-refractivity contribution is 5.74. The van der Waals surface area contributed by atoms with E-state index in [0.717, 1.165) is 12.5 Å². The normalized spacial score (nSPS) is 11.7. The summed E-state index contributed by atoms with van der Waals surface area (Å²) in [4.78, 5) is 30.5. The molecule has 0 radical (unpaired) electrons. The van der Waals surface area contributed by atoms with Gasteiger partial charge in [-0.3, -0.25) is 9.59 Å². The first-order valence-corrected chi connectivity index (χ1v) is 8.50. The van der Waals surface area contributed by atoms with Gasteiger partial charge < -0.3 is 19.7 Å². The van der Waals surface area contributed by atoms with Crippen molar-refractivity contribution in [1.82, 2.24) is 20.3 Å². The van der Waals surface area contributed by atoms with E-state index in [2.05, 4.69) is 40.0 Å². The third-order valence-electron chi connectivity index (χ3n) is 4.18. The summed E-state index contributed by atoms with van der Waals surface area (Å²) < 4.78 is 60.7. The van der Waals surface area contributed by atoms with E-state index in [1.54, 1.807) is 0 Å². The number of anilines is 2. The second-order valence-corrected chi connectivity index (χ2v) is 6.19. The van der Waals surface area contributed by atoms with Gasteiger partial charge in [-0.15, -0.1) is 0 Å². The van der Waals surface area contributed by atoms with Crippen LogP contribution in [-0.4, -0.2) is 20.3 Å². The third-order valence-corrected chi connectivity index (χ3v) is 4.18. The molecule has 0 fully saturated rings. The second-order valence-electron chi connectivity index (χ2n) is 6.19. The molecule has 14 heteroatoms. The van der Waals surface area contributed by atoms with Crippen LogP contribution in [0.4, 0.5) is 28.9 Å². The fourth-order valence-electron chi connectivity index (χ4n) is 2.64. The van der Waals surface area contributed by atoms with Gasteiger partial charge >= 0.3 is 12.1 Å². The minimum atomic E-state index is -4.82. The molecule has 31 heavy (non-hydrogen) atoms. The predicted octanol–water partition coefficient (Wildman–Crippen LogP) is 2.10. The zero-order chi connectivity index (χ0) is 22.2. The molecule has 0 unspecified atom stereocenters. The Balaban J connectivity index is 1.45. The van der Waals surface area contributed by atoms with E-state index >= 15 is 0 Å². The summed E-state index contributed by atoms with van der Waals surface area (Å²) in [7, 11) is 0. The first-order chi connectivity index (χ1) is 14.7. The predicted molar refractivity (Wildman–Crippen MR) is 95.0 cm³/mol. The number of alkyl halides is 3. The molecule has 2 N–H and O–H groups in total. The lowest BCUT2D eigenvalue weighted by Gasteiger charge is -2.14. The summed E-state index contributed by atoms with van der Waals surface area (Å²) >= 11 is 0. The Hall–Kier alpha value is -4.10. The molecule has 0 atom stereocenters. The quantitative estimate of drug-likeness (QED) is 0.326. The maximum absolute atomic E-state index is 14.4. The van der Waals surface area contributed by atoms with Crippen molar-refractivity contribution in [2.75, 3.05) is 10.6 Å². The van der Waals surface area contributed by atoms with E-state index in [4.69, 9.17) is 0 Å². The van der Waals surface area contributed by atoms with E-state index in [1.807, 2.05) is 0 Å². The van der Waals surface area contributed by atoms with Crippen LogP contribution >= 0.6 is 0 Å². The van der Waals surface area contributed by atoms with Crippen molar-refractivity contribution in [3.05, 3.63) is 68.1 Å². The molecule has 4 rings (SSSR count). The number of halogens is 4. The first-order valence-electron chi connectivity index (χ1n) is 8.50. The highest BCUT2D eigenvalue weighted by Crippen LogP contribution is 2.29. The van der Waals surface area contributed by atoms with Gasteiger partial charge in [0.1, 0.15) is 17.2 Å². The van der Waals surface area contributed by atoms with Gasteiger partial charge in [0.2, 0.25) is 12.2 Å². The standard InChI is InChI=1S/C17H10F4N6O4/c18-9-3-7(15-25-16(31-27-15)17(19,20)21)1-2-8(9)4-22-11-12(14(29)13(11)28)23-5-10-24-6-30-26-10/h1-3,6,22-23H,4-5H2.